The van der Waals surface area contributed by atoms with E-state index in [-0.39, 0.29) is 0 Å². The second-order valence-electron chi connectivity index (χ2n) is 5.77. The number of guanidine groups is 1. The molecule has 1 aromatic carbocycles. The molecule has 1 N–H and O–H groups in total. The molecule has 0 fully saturated rings. The van der Waals surface area contributed by atoms with Gasteiger partial charge >= 0.3 is 0 Å². The molecule has 1 aliphatic rings. The van der Waals surface area contributed by atoms with Crippen molar-refractivity contribution in [2.24, 2.45) is 4.99 Å². The molecular formula is C17H28N4O2. The Labute approximate surface area is 139 Å². The van der Waals surface area contributed by atoms with Crippen molar-refractivity contribution in [2.75, 3.05) is 60.6 Å². The number of likely N-dealkylation sites (N-methyl/N-ethyl adjacent to an activating group) is 2. The van der Waals surface area contributed by atoms with Crippen molar-refractivity contribution < 1.29 is 9.47 Å². The normalized spacial score (nSPS) is 14.3. The van der Waals surface area contributed by atoms with Gasteiger partial charge in [-0.05, 0) is 24.7 Å². The van der Waals surface area contributed by atoms with E-state index in [4.69, 9.17) is 9.47 Å². The van der Waals surface area contributed by atoms with Gasteiger partial charge in [0.2, 0.25) is 0 Å². The summed E-state index contributed by atoms with van der Waals surface area (Å²) in [6.07, 6.45) is 0. The maximum atomic E-state index is 5.84. The van der Waals surface area contributed by atoms with Crippen LogP contribution in [0.5, 0.6) is 5.75 Å². The smallest absolute Gasteiger partial charge is 0.194 e. The molecule has 2 rings (SSSR count). The molecule has 0 radical (unpaired) electrons. The molecule has 0 aliphatic carbocycles. The number of methoxy groups -OCH3 is 1. The van der Waals surface area contributed by atoms with E-state index in [2.05, 4.69) is 46.3 Å². The fraction of sp³-hybridized carbons (Fsp3) is 0.588. The number of benzene rings is 1. The van der Waals surface area contributed by atoms with Crippen LogP contribution in [0.3, 0.4) is 0 Å². The first-order chi connectivity index (χ1) is 11.2. The van der Waals surface area contributed by atoms with E-state index < -0.39 is 0 Å². The van der Waals surface area contributed by atoms with Crippen molar-refractivity contribution in [1.29, 1.82) is 0 Å². The summed E-state index contributed by atoms with van der Waals surface area (Å²) in [5, 5.41) is 3.37. The van der Waals surface area contributed by atoms with Gasteiger partial charge in [0.15, 0.2) is 5.96 Å². The molecule has 6 nitrogen and oxygen atoms in total. The van der Waals surface area contributed by atoms with E-state index in [1.807, 2.05) is 12.1 Å². The lowest BCUT2D eigenvalue weighted by atomic mass is 10.2. The van der Waals surface area contributed by atoms with Crippen LogP contribution >= 0.6 is 0 Å². The van der Waals surface area contributed by atoms with Gasteiger partial charge in [-0.3, -0.25) is 4.99 Å². The van der Waals surface area contributed by atoms with Crippen LogP contribution in [0.15, 0.2) is 29.3 Å². The van der Waals surface area contributed by atoms with Crippen molar-refractivity contribution >= 4 is 5.96 Å². The zero-order chi connectivity index (χ0) is 16.5. The van der Waals surface area contributed by atoms with E-state index in [1.165, 1.54) is 5.56 Å². The summed E-state index contributed by atoms with van der Waals surface area (Å²) in [6, 6.07) is 8.21. The molecule has 1 heterocycles. The highest BCUT2D eigenvalue weighted by molar-refractivity contribution is 5.81. The maximum absolute atomic E-state index is 5.84. The van der Waals surface area contributed by atoms with E-state index in [0.29, 0.717) is 6.61 Å². The van der Waals surface area contributed by atoms with Gasteiger partial charge < -0.3 is 24.6 Å². The number of hydrogen-bond donors (Lipinski definition) is 1. The molecule has 0 aromatic heterocycles. The summed E-state index contributed by atoms with van der Waals surface area (Å²) < 4.78 is 10.9. The Bertz CT molecular complexity index is 507. The van der Waals surface area contributed by atoms with Crippen molar-refractivity contribution in [3.8, 4) is 5.75 Å². The minimum Gasteiger partial charge on any atom is -0.492 e. The van der Waals surface area contributed by atoms with Crippen molar-refractivity contribution in [1.82, 2.24) is 15.1 Å². The fourth-order valence-corrected chi connectivity index (χ4v) is 2.33. The molecule has 0 atom stereocenters. The van der Waals surface area contributed by atoms with Crippen LogP contribution < -0.4 is 10.1 Å². The molecule has 128 valence electrons. The van der Waals surface area contributed by atoms with E-state index in [9.17, 15) is 0 Å². The predicted octanol–water partition coefficient (Wildman–Crippen LogP) is 1.03. The lowest BCUT2D eigenvalue weighted by molar-refractivity contribution is 0.150. The highest BCUT2D eigenvalue weighted by atomic mass is 16.5. The Morgan fingerprint density at radius 2 is 2.13 bits per heavy atom. The molecule has 0 unspecified atom stereocenters. The predicted molar refractivity (Wildman–Crippen MR) is 93.1 cm³/mol. The third kappa shape index (κ3) is 6.08. The molecule has 0 amide bonds. The molecule has 23 heavy (non-hydrogen) atoms. The van der Waals surface area contributed by atoms with Gasteiger partial charge in [0.05, 0.1) is 13.2 Å². The van der Waals surface area contributed by atoms with Crippen LogP contribution in [0, 0.1) is 0 Å². The van der Waals surface area contributed by atoms with Crippen molar-refractivity contribution in [2.45, 2.75) is 6.54 Å². The van der Waals surface area contributed by atoms with E-state index in [0.717, 1.165) is 51.0 Å². The summed E-state index contributed by atoms with van der Waals surface area (Å²) in [4.78, 5) is 8.76. The molecule has 1 aromatic rings. The standard InChI is InChI=1S/C17H28N4O2/c1-20(9-11-22-3)10-12-23-16-6-4-5-15(13-16)14-19-17-18-7-8-21(17)2/h4-6,13H,7-12,14H2,1-3H3,(H,18,19). The third-order valence-corrected chi connectivity index (χ3v) is 3.83. The zero-order valence-electron chi connectivity index (χ0n) is 14.4. The first-order valence-electron chi connectivity index (χ1n) is 8.07. The van der Waals surface area contributed by atoms with Crippen LogP contribution in [0.25, 0.3) is 0 Å². The number of nitrogens with zero attached hydrogens (tertiary/aromatic N) is 3. The van der Waals surface area contributed by atoms with Gasteiger partial charge in [0.25, 0.3) is 0 Å². The molecule has 0 spiro atoms. The first kappa shape index (κ1) is 17.6. The number of rotatable bonds is 9. The first-order valence-corrected chi connectivity index (χ1v) is 8.07. The lowest BCUT2D eigenvalue weighted by Gasteiger charge is -2.17. The maximum Gasteiger partial charge on any atom is 0.194 e. The van der Waals surface area contributed by atoms with Gasteiger partial charge in [0, 0.05) is 40.3 Å². The minimum atomic E-state index is 0.673. The van der Waals surface area contributed by atoms with Gasteiger partial charge in [-0.2, -0.15) is 0 Å². The number of aliphatic imine (C=N–C) groups is 1. The Morgan fingerprint density at radius 3 is 2.87 bits per heavy atom. The van der Waals surface area contributed by atoms with Crippen LogP contribution in [0.4, 0.5) is 0 Å². The van der Waals surface area contributed by atoms with Crippen LogP contribution in [0.1, 0.15) is 5.56 Å². The Balaban J connectivity index is 1.73. The molecular weight excluding hydrogens is 292 g/mol. The van der Waals surface area contributed by atoms with Crippen molar-refractivity contribution in [3.63, 3.8) is 0 Å². The minimum absolute atomic E-state index is 0.673. The number of hydrogen-bond acceptors (Lipinski definition) is 6. The van der Waals surface area contributed by atoms with Gasteiger partial charge in [-0.1, -0.05) is 12.1 Å². The Morgan fingerprint density at radius 1 is 1.30 bits per heavy atom. The molecule has 0 saturated heterocycles. The second kappa shape index (κ2) is 9.37. The Hall–Kier alpha value is -1.79. The second-order valence-corrected chi connectivity index (χ2v) is 5.77. The van der Waals surface area contributed by atoms with Crippen LogP contribution in [-0.2, 0) is 11.3 Å². The van der Waals surface area contributed by atoms with E-state index in [1.54, 1.807) is 7.11 Å². The largest absolute Gasteiger partial charge is 0.492 e. The molecule has 0 saturated carbocycles. The summed E-state index contributed by atoms with van der Waals surface area (Å²) >= 11 is 0. The zero-order valence-corrected chi connectivity index (χ0v) is 14.4. The number of ether oxygens (including phenoxy) is 2. The third-order valence-electron chi connectivity index (χ3n) is 3.83. The molecule has 1 aliphatic heterocycles. The van der Waals surface area contributed by atoms with Crippen molar-refractivity contribution in [3.05, 3.63) is 29.8 Å². The Kier molecular flexibility index (Phi) is 7.16. The van der Waals surface area contributed by atoms with Gasteiger partial charge in [-0.25, -0.2) is 0 Å². The topological polar surface area (TPSA) is 49.3 Å². The van der Waals surface area contributed by atoms with Crippen LogP contribution in [-0.4, -0.2) is 76.4 Å². The number of nitrogens with one attached hydrogen (secondary N) is 1. The van der Waals surface area contributed by atoms with E-state index >= 15 is 0 Å². The lowest BCUT2D eigenvalue weighted by Crippen LogP contribution is -2.35. The summed E-state index contributed by atoms with van der Waals surface area (Å²) in [7, 11) is 5.85. The summed E-state index contributed by atoms with van der Waals surface area (Å²) in [6.45, 7) is 5.84. The summed E-state index contributed by atoms with van der Waals surface area (Å²) in [5.41, 5.74) is 1.19. The highest BCUT2D eigenvalue weighted by Gasteiger charge is 2.11. The average molecular weight is 320 g/mol. The SMILES string of the molecule is COCCN(C)CCOc1cccc(CNC2=NCCN2C)c1. The molecule has 0 bridgehead atoms. The highest BCUT2D eigenvalue weighted by Crippen LogP contribution is 2.13. The average Bonchev–Trinajstić information content (AvgIpc) is 2.96. The fourth-order valence-electron chi connectivity index (χ4n) is 2.33. The summed E-state index contributed by atoms with van der Waals surface area (Å²) in [5.74, 6) is 1.88. The van der Waals surface area contributed by atoms with Gasteiger partial charge in [-0.15, -0.1) is 0 Å². The monoisotopic (exact) mass is 320 g/mol. The van der Waals surface area contributed by atoms with Crippen LogP contribution in [0.2, 0.25) is 0 Å². The molecule has 6 heteroatoms. The quantitative estimate of drug-likeness (QED) is 0.737. The van der Waals surface area contributed by atoms with Gasteiger partial charge in [0.1, 0.15) is 12.4 Å².